The molecule has 0 radical (unpaired) electrons. The van der Waals surface area contributed by atoms with Crippen LogP contribution in [-0.4, -0.2) is 0 Å². The van der Waals surface area contributed by atoms with Gasteiger partial charge < -0.3 is 5.73 Å². The van der Waals surface area contributed by atoms with Crippen LogP contribution in [0.1, 0.15) is 20.3 Å². The molecule has 1 aliphatic carbocycles. The molecule has 1 nitrogen and oxygen atoms in total. The zero-order chi connectivity index (χ0) is 7.56. The second kappa shape index (κ2) is 2.74. The van der Waals surface area contributed by atoms with Crippen molar-refractivity contribution in [2.24, 2.45) is 5.73 Å². The van der Waals surface area contributed by atoms with E-state index in [0.717, 1.165) is 12.1 Å². The molecule has 0 unspecified atom stereocenters. The predicted molar refractivity (Wildman–Crippen MR) is 44.4 cm³/mol. The van der Waals surface area contributed by atoms with Crippen LogP contribution in [0.3, 0.4) is 0 Å². The number of hydrogen-bond acceptors (Lipinski definition) is 1. The van der Waals surface area contributed by atoms with Crippen molar-refractivity contribution >= 4 is 0 Å². The largest absolute Gasteiger partial charge is 0.398 e. The fourth-order valence-corrected chi connectivity index (χ4v) is 1.00. The minimum atomic E-state index is 0.925. The number of rotatable bonds is 0. The number of allylic oxidation sites excluding steroid dienone is 5. The van der Waals surface area contributed by atoms with Gasteiger partial charge in [-0.15, -0.1) is 0 Å². The second-order valence-electron chi connectivity index (χ2n) is 2.62. The van der Waals surface area contributed by atoms with E-state index in [9.17, 15) is 0 Å². The molecule has 0 atom stereocenters. The zero-order valence-electron chi connectivity index (χ0n) is 6.52. The molecule has 0 fully saturated rings. The number of nitrogens with two attached hydrogens (primary N) is 1. The Labute approximate surface area is 61.9 Å². The highest BCUT2D eigenvalue weighted by molar-refractivity contribution is 5.38. The van der Waals surface area contributed by atoms with Crippen molar-refractivity contribution in [3.63, 3.8) is 0 Å². The summed E-state index contributed by atoms with van der Waals surface area (Å²) in [7, 11) is 0. The second-order valence-corrected chi connectivity index (χ2v) is 2.62. The Morgan fingerprint density at radius 3 is 2.80 bits per heavy atom. The van der Waals surface area contributed by atoms with Crippen LogP contribution in [0.5, 0.6) is 0 Å². The van der Waals surface area contributed by atoms with Crippen molar-refractivity contribution in [2.45, 2.75) is 20.3 Å². The molecule has 0 spiro atoms. The third-order valence-electron chi connectivity index (χ3n) is 1.78. The third-order valence-corrected chi connectivity index (χ3v) is 1.78. The Balaban J connectivity index is 3.02. The van der Waals surface area contributed by atoms with Gasteiger partial charge in [0.1, 0.15) is 0 Å². The van der Waals surface area contributed by atoms with Gasteiger partial charge in [-0.3, -0.25) is 0 Å². The van der Waals surface area contributed by atoms with Gasteiger partial charge in [0.25, 0.3) is 0 Å². The van der Waals surface area contributed by atoms with Crippen molar-refractivity contribution in [2.75, 3.05) is 0 Å². The minimum Gasteiger partial charge on any atom is -0.398 e. The lowest BCUT2D eigenvalue weighted by atomic mass is 10.1. The maximum absolute atomic E-state index is 5.78. The van der Waals surface area contributed by atoms with Gasteiger partial charge in [-0.05, 0) is 31.4 Å². The standard InChI is InChI=1S/C9H13N/c1-7-5-3-4-6-8(2)9(7)10/h3,5-6H,4,10H2,1-2H3. The van der Waals surface area contributed by atoms with Gasteiger partial charge in [-0.2, -0.15) is 0 Å². The molecule has 0 saturated carbocycles. The summed E-state index contributed by atoms with van der Waals surface area (Å²) in [4.78, 5) is 0. The van der Waals surface area contributed by atoms with E-state index < -0.39 is 0 Å². The predicted octanol–water partition coefficient (Wildman–Crippen LogP) is 2.13. The fourth-order valence-electron chi connectivity index (χ4n) is 1.00. The maximum Gasteiger partial charge on any atom is 0.0370 e. The van der Waals surface area contributed by atoms with E-state index in [-0.39, 0.29) is 0 Å². The van der Waals surface area contributed by atoms with Gasteiger partial charge in [0, 0.05) is 5.70 Å². The summed E-state index contributed by atoms with van der Waals surface area (Å²) in [6.45, 7) is 4.08. The normalized spacial score (nSPS) is 18.8. The smallest absolute Gasteiger partial charge is 0.0370 e. The monoisotopic (exact) mass is 135 g/mol. The van der Waals surface area contributed by atoms with Crippen molar-refractivity contribution in [1.82, 2.24) is 0 Å². The van der Waals surface area contributed by atoms with Gasteiger partial charge in [0.2, 0.25) is 0 Å². The molecule has 0 aromatic carbocycles. The summed E-state index contributed by atoms with van der Waals surface area (Å²) >= 11 is 0. The molecule has 0 bridgehead atoms. The topological polar surface area (TPSA) is 26.0 Å². The summed E-state index contributed by atoms with van der Waals surface area (Å²) < 4.78 is 0. The van der Waals surface area contributed by atoms with Crippen molar-refractivity contribution in [3.8, 4) is 0 Å². The molecule has 0 aromatic rings. The molecule has 2 N–H and O–H groups in total. The van der Waals surface area contributed by atoms with E-state index in [1.165, 1.54) is 11.1 Å². The highest BCUT2D eigenvalue weighted by Crippen LogP contribution is 2.14. The van der Waals surface area contributed by atoms with Crippen LogP contribution in [-0.2, 0) is 0 Å². The summed E-state index contributed by atoms with van der Waals surface area (Å²) in [5, 5.41) is 0. The highest BCUT2D eigenvalue weighted by atomic mass is 14.6. The molecule has 0 aliphatic heterocycles. The van der Waals surface area contributed by atoms with E-state index in [1.807, 2.05) is 13.8 Å². The summed E-state index contributed by atoms with van der Waals surface area (Å²) in [6.07, 6.45) is 7.34. The molecular formula is C9H13N. The highest BCUT2D eigenvalue weighted by Gasteiger charge is 1.98. The summed E-state index contributed by atoms with van der Waals surface area (Å²) in [5.74, 6) is 0. The van der Waals surface area contributed by atoms with Crippen LogP contribution < -0.4 is 5.73 Å². The molecule has 0 heterocycles. The SMILES string of the molecule is CC1=CCC=CC(C)=C1N. The molecule has 1 heteroatoms. The van der Waals surface area contributed by atoms with Crippen LogP contribution in [0.15, 0.2) is 35.1 Å². The molecule has 54 valence electrons. The molecule has 0 amide bonds. The summed E-state index contributed by atoms with van der Waals surface area (Å²) in [5.41, 5.74) is 9.08. The van der Waals surface area contributed by atoms with E-state index >= 15 is 0 Å². The Bertz CT molecular complexity index is 219. The molecular weight excluding hydrogens is 122 g/mol. The first-order valence-corrected chi connectivity index (χ1v) is 3.52. The zero-order valence-corrected chi connectivity index (χ0v) is 6.52. The van der Waals surface area contributed by atoms with E-state index in [2.05, 4.69) is 18.2 Å². The van der Waals surface area contributed by atoms with Crippen LogP contribution >= 0.6 is 0 Å². The molecule has 1 rings (SSSR count). The molecule has 0 aromatic heterocycles. The van der Waals surface area contributed by atoms with Crippen molar-refractivity contribution in [1.29, 1.82) is 0 Å². The quantitative estimate of drug-likeness (QED) is 0.541. The Morgan fingerprint density at radius 1 is 1.40 bits per heavy atom. The molecule has 0 saturated heterocycles. The average molecular weight is 135 g/mol. The van der Waals surface area contributed by atoms with Crippen LogP contribution in [0.2, 0.25) is 0 Å². The van der Waals surface area contributed by atoms with Crippen molar-refractivity contribution in [3.05, 3.63) is 35.1 Å². The van der Waals surface area contributed by atoms with Crippen molar-refractivity contribution < 1.29 is 0 Å². The number of hydrogen-bond donors (Lipinski definition) is 1. The molecule has 1 aliphatic rings. The molecule has 10 heavy (non-hydrogen) atoms. The maximum atomic E-state index is 5.78. The van der Waals surface area contributed by atoms with E-state index in [1.54, 1.807) is 0 Å². The third kappa shape index (κ3) is 1.29. The summed E-state index contributed by atoms with van der Waals surface area (Å²) in [6, 6.07) is 0. The lowest BCUT2D eigenvalue weighted by molar-refractivity contribution is 1.22. The van der Waals surface area contributed by atoms with Gasteiger partial charge >= 0.3 is 0 Å². The Kier molecular flexibility index (Phi) is 1.95. The first-order valence-electron chi connectivity index (χ1n) is 3.52. The van der Waals surface area contributed by atoms with Gasteiger partial charge in [0.15, 0.2) is 0 Å². The van der Waals surface area contributed by atoms with E-state index in [0.29, 0.717) is 0 Å². The fraction of sp³-hybridized carbons (Fsp3) is 0.333. The van der Waals surface area contributed by atoms with Gasteiger partial charge in [-0.25, -0.2) is 0 Å². The average Bonchev–Trinajstić information content (AvgIpc) is 2.04. The van der Waals surface area contributed by atoms with Crippen LogP contribution in [0, 0.1) is 0 Å². The Hall–Kier alpha value is -0.980. The first-order chi connectivity index (χ1) is 4.72. The Morgan fingerprint density at radius 2 is 2.10 bits per heavy atom. The van der Waals surface area contributed by atoms with Crippen LogP contribution in [0.4, 0.5) is 0 Å². The lowest BCUT2D eigenvalue weighted by Crippen LogP contribution is -2.00. The van der Waals surface area contributed by atoms with Gasteiger partial charge in [-0.1, -0.05) is 18.2 Å². The van der Waals surface area contributed by atoms with E-state index in [4.69, 9.17) is 5.73 Å². The first kappa shape index (κ1) is 7.13. The minimum absolute atomic E-state index is 0.925. The van der Waals surface area contributed by atoms with Gasteiger partial charge in [0.05, 0.1) is 0 Å². The lowest BCUT2D eigenvalue weighted by Gasteiger charge is -2.01. The van der Waals surface area contributed by atoms with Crippen LogP contribution in [0.25, 0.3) is 0 Å².